The second-order valence-electron chi connectivity index (χ2n) is 5.48. The number of aromatic nitrogens is 2. The number of rotatable bonds is 6. The SMILES string of the molecule is CN(C)C(CNC(=O)NCc1cnn(C)c1)c1ccccc1. The molecular weight excluding hydrogens is 278 g/mol. The number of carbonyl (C=O) groups is 1. The predicted octanol–water partition coefficient (Wildman–Crippen LogP) is 1.52. The monoisotopic (exact) mass is 301 g/mol. The van der Waals surface area contributed by atoms with Crippen molar-refractivity contribution in [2.24, 2.45) is 7.05 Å². The fourth-order valence-corrected chi connectivity index (χ4v) is 2.27. The summed E-state index contributed by atoms with van der Waals surface area (Å²) >= 11 is 0. The van der Waals surface area contributed by atoms with Gasteiger partial charge < -0.3 is 15.5 Å². The molecule has 118 valence electrons. The highest BCUT2D eigenvalue weighted by atomic mass is 16.2. The van der Waals surface area contributed by atoms with Crippen molar-refractivity contribution in [3.8, 4) is 0 Å². The Balaban J connectivity index is 1.83. The molecule has 1 heterocycles. The van der Waals surface area contributed by atoms with Crippen LogP contribution >= 0.6 is 0 Å². The van der Waals surface area contributed by atoms with Gasteiger partial charge in [0.15, 0.2) is 0 Å². The predicted molar refractivity (Wildman–Crippen MR) is 86.3 cm³/mol. The van der Waals surface area contributed by atoms with Crippen LogP contribution in [0.4, 0.5) is 4.79 Å². The zero-order chi connectivity index (χ0) is 15.9. The third-order valence-electron chi connectivity index (χ3n) is 3.48. The molecule has 1 atom stereocenters. The number of hydrogen-bond acceptors (Lipinski definition) is 3. The summed E-state index contributed by atoms with van der Waals surface area (Å²) < 4.78 is 1.71. The number of urea groups is 1. The summed E-state index contributed by atoms with van der Waals surface area (Å²) in [4.78, 5) is 14.0. The Kier molecular flexibility index (Phi) is 5.55. The number of nitrogens with one attached hydrogen (secondary N) is 2. The van der Waals surface area contributed by atoms with Gasteiger partial charge in [0.1, 0.15) is 0 Å². The number of amides is 2. The number of carbonyl (C=O) groups excluding carboxylic acids is 1. The molecule has 0 fully saturated rings. The average molecular weight is 301 g/mol. The quantitative estimate of drug-likeness (QED) is 0.850. The molecule has 2 N–H and O–H groups in total. The van der Waals surface area contributed by atoms with Crippen LogP contribution in [0.3, 0.4) is 0 Å². The lowest BCUT2D eigenvalue weighted by atomic mass is 10.1. The highest BCUT2D eigenvalue weighted by Gasteiger charge is 2.14. The zero-order valence-corrected chi connectivity index (χ0v) is 13.3. The summed E-state index contributed by atoms with van der Waals surface area (Å²) in [7, 11) is 5.87. The van der Waals surface area contributed by atoms with Gasteiger partial charge >= 0.3 is 6.03 Å². The lowest BCUT2D eigenvalue weighted by Gasteiger charge is -2.25. The van der Waals surface area contributed by atoms with Gasteiger partial charge in [0.25, 0.3) is 0 Å². The lowest BCUT2D eigenvalue weighted by molar-refractivity contribution is 0.232. The first-order chi connectivity index (χ1) is 10.6. The Morgan fingerprint density at radius 3 is 2.59 bits per heavy atom. The summed E-state index contributed by atoms with van der Waals surface area (Å²) in [6.07, 6.45) is 3.62. The molecule has 1 aromatic heterocycles. The van der Waals surface area contributed by atoms with E-state index in [2.05, 4.69) is 32.8 Å². The Morgan fingerprint density at radius 2 is 2.00 bits per heavy atom. The summed E-state index contributed by atoms with van der Waals surface area (Å²) in [6, 6.07) is 10.1. The molecule has 2 amide bonds. The Bertz CT molecular complexity index is 594. The van der Waals surface area contributed by atoms with Crippen LogP contribution in [0.25, 0.3) is 0 Å². The largest absolute Gasteiger partial charge is 0.336 e. The molecule has 1 unspecified atom stereocenters. The molecule has 6 heteroatoms. The summed E-state index contributed by atoms with van der Waals surface area (Å²) in [6.45, 7) is 1.02. The van der Waals surface area contributed by atoms with E-state index in [1.165, 1.54) is 5.56 Å². The number of benzene rings is 1. The van der Waals surface area contributed by atoms with Gasteiger partial charge in [0, 0.05) is 31.9 Å². The van der Waals surface area contributed by atoms with Crippen LogP contribution < -0.4 is 10.6 Å². The molecule has 0 aliphatic rings. The van der Waals surface area contributed by atoms with Gasteiger partial charge in [-0.2, -0.15) is 5.10 Å². The number of likely N-dealkylation sites (N-methyl/N-ethyl adjacent to an activating group) is 1. The van der Waals surface area contributed by atoms with E-state index in [1.807, 2.05) is 45.5 Å². The smallest absolute Gasteiger partial charge is 0.315 e. The van der Waals surface area contributed by atoms with E-state index in [-0.39, 0.29) is 12.1 Å². The van der Waals surface area contributed by atoms with Gasteiger partial charge in [-0.15, -0.1) is 0 Å². The van der Waals surface area contributed by atoms with Gasteiger partial charge in [0.2, 0.25) is 0 Å². The van der Waals surface area contributed by atoms with E-state index in [0.717, 1.165) is 5.56 Å². The molecule has 1 aromatic carbocycles. The Labute approximate surface area is 131 Å². The van der Waals surface area contributed by atoms with Crippen LogP contribution in [0.1, 0.15) is 17.2 Å². The van der Waals surface area contributed by atoms with Crippen molar-refractivity contribution in [1.29, 1.82) is 0 Å². The van der Waals surface area contributed by atoms with E-state index in [1.54, 1.807) is 10.9 Å². The van der Waals surface area contributed by atoms with E-state index in [9.17, 15) is 4.79 Å². The Hall–Kier alpha value is -2.34. The average Bonchev–Trinajstić information content (AvgIpc) is 2.92. The number of nitrogens with zero attached hydrogens (tertiary/aromatic N) is 3. The standard InChI is InChI=1S/C16H23N5O/c1-20(2)15(14-7-5-4-6-8-14)11-18-16(22)17-9-13-10-19-21(3)12-13/h4-8,10,12,15H,9,11H2,1-3H3,(H2,17,18,22). The van der Waals surface area contributed by atoms with Crippen LogP contribution in [0.5, 0.6) is 0 Å². The van der Waals surface area contributed by atoms with Crippen molar-refractivity contribution in [2.45, 2.75) is 12.6 Å². The maximum Gasteiger partial charge on any atom is 0.315 e. The normalized spacial score (nSPS) is 12.2. The van der Waals surface area contributed by atoms with Crippen molar-refractivity contribution in [3.63, 3.8) is 0 Å². The topological polar surface area (TPSA) is 62.2 Å². The second-order valence-corrected chi connectivity index (χ2v) is 5.48. The molecule has 0 aliphatic heterocycles. The first kappa shape index (κ1) is 16.0. The first-order valence-corrected chi connectivity index (χ1v) is 7.27. The number of aryl methyl sites for hydroxylation is 1. The van der Waals surface area contributed by atoms with Gasteiger partial charge in [0.05, 0.1) is 12.2 Å². The molecule has 22 heavy (non-hydrogen) atoms. The van der Waals surface area contributed by atoms with Crippen LogP contribution in [0.15, 0.2) is 42.7 Å². The van der Waals surface area contributed by atoms with Crippen molar-refractivity contribution in [3.05, 3.63) is 53.9 Å². The van der Waals surface area contributed by atoms with Gasteiger partial charge in [-0.3, -0.25) is 4.68 Å². The first-order valence-electron chi connectivity index (χ1n) is 7.27. The molecule has 0 saturated heterocycles. The molecule has 0 bridgehead atoms. The third kappa shape index (κ3) is 4.60. The van der Waals surface area contributed by atoms with E-state index in [0.29, 0.717) is 13.1 Å². The molecule has 2 rings (SSSR count). The minimum Gasteiger partial charge on any atom is -0.336 e. The Morgan fingerprint density at radius 1 is 1.27 bits per heavy atom. The fraction of sp³-hybridized carbons (Fsp3) is 0.375. The van der Waals surface area contributed by atoms with Crippen molar-refractivity contribution in [1.82, 2.24) is 25.3 Å². The molecule has 0 aliphatic carbocycles. The molecule has 0 spiro atoms. The molecule has 0 radical (unpaired) electrons. The van der Waals surface area contributed by atoms with E-state index >= 15 is 0 Å². The highest BCUT2D eigenvalue weighted by Crippen LogP contribution is 2.16. The number of hydrogen-bond donors (Lipinski definition) is 2. The van der Waals surface area contributed by atoms with Crippen LogP contribution in [0, 0.1) is 0 Å². The van der Waals surface area contributed by atoms with Crippen LogP contribution in [-0.4, -0.2) is 41.4 Å². The maximum atomic E-state index is 11.9. The molecule has 2 aromatic rings. The van der Waals surface area contributed by atoms with Crippen LogP contribution in [-0.2, 0) is 13.6 Å². The minimum atomic E-state index is -0.174. The molecular formula is C16H23N5O. The summed E-state index contributed by atoms with van der Waals surface area (Å²) in [5, 5.41) is 9.83. The molecule has 6 nitrogen and oxygen atoms in total. The lowest BCUT2D eigenvalue weighted by Crippen LogP contribution is -2.40. The van der Waals surface area contributed by atoms with Gasteiger partial charge in [-0.1, -0.05) is 30.3 Å². The van der Waals surface area contributed by atoms with Crippen LogP contribution in [0.2, 0.25) is 0 Å². The van der Waals surface area contributed by atoms with Crippen molar-refractivity contribution < 1.29 is 4.79 Å². The maximum absolute atomic E-state index is 11.9. The zero-order valence-electron chi connectivity index (χ0n) is 13.3. The van der Waals surface area contributed by atoms with Gasteiger partial charge in [-0.05, 0) is 19.7 Å². The third-order valence-corrected chi connectivity index (χ3v) is 3.48. The van der Waals surface area contributed by atoms with Crippen molar-refractivity contribution >= 4 is 6.03 Å². The summed E-state index contributed by atoms with van der Waals surface area (Å²) in [5.74, 6) is 0. The fourth-order valence-electron chi connectivity index (χ4n) is 2.27. The van der Waals surface area contributed by atoms with Gasteiger partial charge in [-0.25, -0.2) is 4.79 Å². The summed E-state index contributed by atoms with van der Waals surface area (Å²) in [5.41, 5.74) is 2.16. The highest BCUT2D eigenvalue weighted by molar-refractivity contribution is 5.73. The van der Waals surface area contributed by atoms with Crippen molar-refractivity contribution in [2.75, 3.05) is 20.6 Å². The second kappa shape index (κ2) is 7.61. The molecule has 0 saturated carbocycles. The minimum absolute atomic E-state index is 0.144. The van der Waals surface area contributed by atoms with E-state index in [4.69, 9.17) is 0 Å². The van der Waals surface area contributed by atoms with E-state index < -0.39 is 0 Å².